The zero-order valence-electron chi connectivity index (χ0n) is 12.1. The highest BCUT2D eigenvalue weighted by molar-refractivity contribution is 7.09. The van der Waals surface area contributed by atoms with E-state index in [1.165, 1.54) is 0 Å². The maximum Gasteiger partial charge on any atom is 0.321 e. The van der Waals surface area contributed by atoms with Gasteiger partial charge in [0.2, 0.25) is 11.0 Å². The molecule has 0 unspecified atom stereocenters. The average Bonchev–Trinajstić information content (AvgIpc) is 2.86. The Morgan fingerprint density at radius 1 is 1.45 bits per heavy atom. The molecule has 0 bridgehead atoms. The normalized spacial score (nSPS) is 19.3. The molecule has 3 amide bonds. The van der Waals surface area contributed by atoms with Gasteiger partial charge in [0, 0.05) is 37.0 Å². The molecule has 1 aliphatic rings. The Kier molecular flexibility index (Phi) is 3.94. The second-order valence-corrected chi connectivity index (χ2v) is 6.70. The molecule has 2 heterocycles. The highest BCUT2D eigenvalue weighted by Gasteiger charge is 2.28. The first-order valence-corrected chi connectivity index (χ1v) is 7.18. The number of nitrogens with one attached hydrogen (secondary N) is 2. The van der Waals surface area contributed by atoms with E-state index in [9.17, 15) is 9.59 Å². The number of aromatic nitrogens is 2. The summed E-state index contributed by atoms with van der Waals surface area (Å²) in [5, 5.41) is 5.88. The van der Waals surface area contributed by atoms with E-state index in [1.807, 2.05) is 20.8 Å². The number of rotatable bonds is 2. The molecule has 0 aromatic carbocycles. The minimum atomic E-state index is -0.352. The molecule has 0 aliphatic carbocycles. The molecule has 7 nitrogen and oxygen atoms in total. The van der Waals surface area contributed by atoms with Crippen LogP contribution in [0.4, 0.5) is 9.93 Å². The topological polar surface area (TPSA) is 87.2 Å². The zero-order chi connectivity index (χ0) is 14.9. The fraction of sp³-hybridized carbons (Fsp3) is 0.667. The van der Waals surface area contributed by atoms with Gasteiger partial charge in [0.25, 0.3) is 0 Å². The maximum absolute atomic E-state index is 11.8. The smallest absolute Gasteiger partial charge is 0.321 e. The Morgan fingerprint density at radius 3 is 2.65 bits per heavy atom. The minimum absolute atomic E-state index is 0.0428. The number of hydrogen-bond acceptors (Lipinski definition) is 5. The fourth-order valence-corrected chi connectivity index (χ4v) is 2.61. The Hall–Kier alpha value is -1.70. The van der Waals surface area contributed by atoms with Crippen molar-refractivity contribution in [1.82, 2.24) is 19.6 Å². The molecule has 20 heavy (non-hydrogen) atoms. The second-order valence-electron chi connectivity index (χ2n) is 5.95. The molecular weight excluding hydrogens is 278 g/mol. The van der Waals surface area contributed by atoms with Crippen LogP contribution in [0.5, 0.6) is 0 Å². The molecule has 0 saturated carbocycles. The first-order chi connectivity index (χ1) is 9.25. The number of anilines is 1. The Labute approximate surface area is 121 Å². The van der Waals surface area contributed by atoms with Crippen LogP contribution in [-0.2, 0) is 10.2 Å². The molecule has 1 aromatic rings. The minimum Gasteiger partial charge on any atom is -0.344 e. The van der Waals surface area contributed by atoms with Gasteiger partial charge in [0.05, 0.1) is 6.04 Å². The number of nitrogens with zero attached hydrogens (tertiary/aromatic N) is 3. The van der Waals surface area contributed by atoms with Crippen LogP contribution in [0.15, 0.2) is 0 Å². The molecule has 1 aromatic heterocycles. The second kappa shape index (κ2) is 5.35. The Morgan fingerprint density at radius 2 is 2.15 bits per heavy atom. The van der Waals surface area contributed by atoms with Crippen molar-refractivity contribution in [2.24, 2.45) is 0 Å². The van der Waals surface area contributed by atoms with E-state index in [-0.39, 0.29) is 23.4 Å². The van der Waals surface area contributed by atoms with Gasteiger partial charge in [0.1, 0.15) is 5.82 Å². The lowest BCUT2D eigenvalue weighted by Gasteiger charge is -2.13. The molecule has 0 spiro atoms. The summed E-state index contributed by atoms with van der Waals surface area (Å²) in [5.74, 6) is 0.745. The molecule has 1 saturated heterocycles. The third-order valence-corrected chi connectivity index (χ3v) is 3.62. The first kappa shape index (κ1) is 14.7. The zero-order valence-corrected chi connectivity index (χ0v) is 12.9. The van der Waals surface area contributed by atoms with E-state index >= 15 is 0 Å². The van der Waals surface area contributed by atoms with Gasteiger partial charge in [-0.25, -0.2) is 9.78 Å². The number of carbonyl (C=O) groups excluding carboxylic acids is 2. The summed E-state index contributed by atoms with van der Waals surface area (Å²) in [6.45, 7) is 6.58. The van der Waals surface area contributed by atoms with E-state index in [2.05, 4.69) is 20.0 Å². The van der Waals surface area contributed by atoms with Crippen molar-refractivity contribution in [2.75, 3.05) is 18.9 Å². The van der Waals surface area contributed by atoms with Crippen LogP contribution in [0.25, 0.3) is 0 Å². The third kappa shape index (κ3) is 3.44. The fourth-order valence-electron chi connectivity index (χ4n) is 1.86. The van der Waals surface area contributed by atoms with Gasteiger partial charge in [-0.05, 0) is 0 Å². The predicted octanol–water partition coefficient (Wildman–Crippen LogP) is 1.19. The molecule has 1 atom stereocenters. The van der Waals surface area contributed by atoms with E-state index < -0.39 is 0 Å². The van der Waals surface area contributed by atoms with Gasteiger partial charge in [-0.15, -0.1) is 0 Å². The van der Waals surface area contributed by atoms with Crippen molar-refractivity contribution < 1.29 is 9.59 Å². The van der Waals surface area contributed by atoms with Gasteiger partial charge >= 0.3 is 6.03 Å². The summed E-state index contributed by atoms with van der Waals surface area (Å²) >= 11 is 1.15. The molecule has 2 rings (SSSR count). The molecule has 1 fully saturated rings. The molecule has 0 radical (unpaired) electrons. The average molecular weight is 297 g/mol. The summed E-state index contributed by atoms with van der Waals surface area (Å²) in [7, 11) is 1.72. The SMILES string of the molecule is CN1C[C@H](NC(=O)Nc2nc(C(C)(C)C)ns2)CC1=O. The van der Waals surface area contributed by atoms with Crippen molar-refractivity contribution in [3.05, 3.63) is 5.82 Å². The number of urea groups is 1. The van der Waals surface area contributed by atoms with Crippen LogP contribution < -0.4 is 10.6 Å². The van der Waals surface area contributed by atoms with E-state index in [4.69, 9.17) is 0 Å². The number of likely N-dealkylation sites (N-methyl/N-ethyl adjacent to an activating group) is 1. The van der Waals surface area contributed by atoms with Gasteiger partial charge in [-0.3, -0.25) is 10.1 Å². The number of hydrogen-bond donors (Lipinski definition) is 2. The molecular formula is C12H19N5O2S. The summed E-state index contributed by atoms with van der Waals surface area (Å²) in [6, 6.07) is -0.503. The van der Waals surface area contributed by atoms with Gasteiger partial charge in [0.15, 0.2) is 0 Å². The third-order valence-electron chi connectivity index (χ3n) is 2.99. The lowest BCUT2D eigenvalue weighted by Crippen LogP contribution is -2.39. The highest BCUT2D eigenvalue weighted by atomic mass is 32.1. The van der Waals surface area contributed by atoms with Crippen LogP contribution in [0.3, 0.4) is 0 Å². The van der Waals surface area contributed by atoms with Crippen molar-refractivity contribution in [2.45, 2.75) is 38.6 Å². The lowest BCUT2D eigenvalue weighted by molar-refractivity contribution is -0.126. The van der Waals surface area contributed by atoms with Crippen molar-refractivity contribution in [3.63, 3.8) is 0 Å². The van der Waals surface area contributed by atoms with E-state index in [0.29, 0.717) is 23.9 Å². The number of amides is 3. The monoisotopic (exact) mass is 297 g/mol. The number of carbonyl (C=O) groups is 2. The van der Waals surface area contributed by atoms with Crippen LogP contribution in [-0.4, -0.2) is 45.8 Å². The quantitative estimate of drug-likeness (QED) is 0.858. The van der Waals surface area contributed by atoms with Crippen molar-refractivity contribution in [1.29, 1.82) is 0 Å². The summed E-state index contributed by atoms with van der Waals surface area (Å²) in [6.07, 6.45) is 0.341. The highest BCUT2D eigenvalue weighted by Crippen LogP contribution is 2.22. The predicted molar refractivity (Wildman–Crippen MR) is 76.8 cm³/mol. The summed E-state index contributed by atoms with van der Waals surface area (Å²) in [5.41, 5.74) is -0.145. The summed E-state index contributed by atoms with van der Waals surface area (Å²) in [4.78, 5) is 29.1. The van der Waals surface area contributed by atoms with Crippen LogP contribution in [0.1, 0.15) is 33.0 Å². The first-order valence-electron chi connectivity index (χ1n) is 6.41. The van der Waals surface area contributed by atoms with Gasteiger partial charge in [-0.2, -0.15) is 4.37 Å². The maximum atomic E-state index is 11.8. The largest absolute Gasteiger partial charge is 0.344 e. The van der Waals surface area contributed by atoms with Gasteiger partial charge in [-0.1, -0.05) is 20.8 Å². The van der Waals surface area contributed by atoms with Crippen LogP contribution in [0.2, 0.25) is 0 Å². The molecule has 110 valence electrons. The standard InChI is InChI=1S/C12H19N5O2S/c1-12(2,3)9-14-11(20-16-9)15-10(19)13-7-5-8(18)17(4)6-7/h7H,5-6H2,1-4H3,(H2,13,14,15,16,19)/t7-/m1/s1. The molecule has 8 heteroatoms. The molecule has 1 aliphatic heterocycles. The Balaban J connectivity index is 1.89. The van der Waals surface area contributed by atoms with E-state index in [0.717, 1.165) is 11.5 Å². The molecule has 2 N–H and O–H groups in total. The van der Waals surface area contributed by atoms with Crippen LogP contribution >= 0.6 is 11.5 Å². The van der Waals surface area contributed by atoms with Crippen LogP contribution in [0, 0.1) is 0 Å². The van der Waals surface area contributed by atoms with E-state index in [1.54, 1.807) is 11.9 Å². The van der Waals surface area contributed by atoms with Crippen molar-refractivity contribution in [3.8, 4) is 0 Å². The Bertz CT molecular complexity index is 522. The van der Waals surface area contributed by atoms with Crippen molar-refractivity contribution >= 4 is 28.6 Å². The van der Waals surface area contributed by atoms with Gasteiger partial charge < -0.3 is 10.2 Å². The lowest BCUT2D eigenvalue weighted by atomic mass is 9.96. The number of likely N-dealkylation sites (tertiary alicyclic amines) is 1. The summed E-state index contributed by atoms with van der Waals surface area (Å²) < 4.78 is 4.22.